The molecule has 4 fully saturated rings. The van der Waals surface area contributed by atoms with Crippen LogP contribution in [0.2, 0.25) is 5.02 Å². The summed E-state index contributed by atoms with van der Waals surface area (Å²) in [7, 11) is 0. The Balaban J connectivity index is 0.00000140. The highest BCUT2D eigenvalue weighted by atomic mass is 35.5. The summed E-state index contributed by atoms with van der Waals surface area (Å²) in [5.41, 5.74) is 6.38. The Hall–Kier alpha value is -4.12. The molecule has 0 atom stereocenters. The summed E-state index contributed by atoms with van der Waals surface area (Å²) >= 11 is 7.91. The summed E-state index contributed by atoms with van der Waals surface area (Å²) in [6.45, 7) is 9.96. The maximum Gasteiger partial charge on any atom is 0.319 e. The maximum absolute atomic E-state index is 17.2. The minimum Gasteiger partial charge on any atom is -0.461 e. The molecule has 2 aromatic carbocycles. The first kappa shape index (κ1) is 37.2. The van der Waals surface area contributed by atoms with Gasteiger partial charge >= 0.3 is 6.01 Å². The van der Waals surface area contributed by atoms with Crippen molar-refractivity contribution < 1.29 is 22.7 Å². The van der Waals surface area contributed by atoms with Crippen LogP contribution >= 0.6 is 22.9 Å². The highest BCUT2D eigenvalue weighted by Crippen LogP contribution is 2.47. The van der Waals surface area contributed by atoms with Crippen LogP contribution in [0.5, 0.6) is 6.01 Å². The van der Waals surface area contributed by atoms with Crippen molar-refractivity contribution in [2.24, 2.45) is 5.41 Å². The van der Waals surface area contributed by atoms with Crippen LogP contribution in [0.15, 0.2) is 31.1 Å². The lowest BCUT2D eigenvalue weighted by Gasteiger charge is -2.51. The fourth-order valence-electron chi connectivity index (χ4n) is 9.00. The number of nitrogen functional groups attached to an aromatic ring is 1. The Morgan fingerprint density at radius 1 is 1.13 bits per heavy atom. The number of nitrogens with zero attached hydrogens (tertiary/aromatic N) is 6. The molecular formula is C39H43ClF3N7O2S. The molecule has 0 radical (unpaired) electrons. The number of aromatic nitrogens is 2. The number of hydrogen-bond donors (Lipinski definition) is 1. The van der Waals surface area contributed by atoms with Crippen molar-refractivity contribution in [1.82, 2.24) is 19.8 Å². The van der Waals surface area contributed by atoms with E-state index in [9.17, 15) is 18.8 Å². The molecule has 1 spiro atoms. The average molecular weight is 766 g/mol. The summed E-state index contributed by atoms with van der Waals surface area (Å²) in [5, 5.41) is 10.8. The van der Waals surface area contributed by atoms with Gasteiger partial charge in [0, 0.05) is 54.4 Å². The van der Waals surface area contributed by atoms with Gasteiger partial charge in [-0.3, -0.25) is 9.69 Å². The van der Waals surface area contributed by atoms with Crippen LogP contribution in [0.25, 0.3) is 32.1 Å². The molecule has 4 aliphatic rings. The Kier molecular flexibility index (Phi) is 10.5. The first-order valence-electron chi connectivity index (χ1n) is 18.3. The van der Waals surface area contributed by atoms with Crippen LogP contribution in [0.3, 0.4) is 0 Å². The van der Waals surface area contributed by atoms with Gasteiger partial charge in [0.2, 0.25) is 5.91 Å². The van der Waals surface area contributed by atoms with E-state index >= 15 is 4.39 Å². The predicted molar refractivity (Wildman–Crippen MR) is 204 cm³/mol. The third-order valence-electron chi connectivity index (χ3n) is 11.4. The molecule has 9 nitrogen and oxygen atoms in total. The van der Waals surface area contributed by atoms with E-state index in [1.165, 1.54) is 12.1 Å². The number of fused-ring (bicyclic) bond motifs is 3. The van der Waals surface area contributed by atoms with Gasteiger partial charge in [-0.1, -0.05) is 37.6 Å². The molecule has 1 amide bonds. The molecule has 14 heteroatoms. The molecular weight excluding hydrogens is 723 g/mol. The number of amides is 1. The normalized spacial score (nSPS) is 19.0. The van der Waals surface area contributed by atoms with Gasteiger partial charge in [0.05, 0.1) is 27.2 Å². The quantitative estimate of drug-likeness (QED) is 0.199. The number of nitrogens with two attached hydrogens (primary N) is 1. The summed E-state index contributed by atoms with van der Waals surface area (Å²) < 4.78 is 48.8. The number of thiophene rings is 1. The number of ether oxygens (including phenoxy) is 1. The van der Waals surface area contributed by atoms with Gasteiger partial charge in [0.15, 0.2) is 5.82 Å². The number of anilines is 2. The van der Waals surface area contributed by atoms with Crippen molar-refractivity contribution in [2.75, 3.05) is 56.5 Å². The van der Waals surface area contributed by atoms with Gasteiger partial charge in [-0.2, -0.15) is 15.2 Å². The third-order valence-corrected chi connectivity index (χ3v) is 12.7. The van der Waals surface area contributed by atoms with Crippen molar-refractivity contribution >= 4 is 60.7 Å². The van der Waals surface area contributed by atoms with Crippen molar-refractivity contribution in [2.45, 2.75) is 70.3 Å². The molecule has 6 heterocycles. The minimum absolute atomic E-state index is 0.0156. The Morgan fingerprint density at radius 3 is 2.57 bits per heavy atom. The summed E-state index contributed by atoms with van der Waals surface area (Å²) in [6, 6.07) is 6.52. The van der Waals surface area contributed by atoms with Crippen molar-refractivity contribution in [3.63, 3.8) is 0 Å². The predicted octanol–water partition coefficient (Wildman–Crippen LogP) is 8.62. The monoisotopic (exact) mass is 765 g/mol. The molecule has 0 aliphatic carbocycles. The second kappa shape index (κ2) is 15.0. The molecule has 0 saturated carbocycles. The topological polar surface area (TPSA) is 112 Å². The minimum atomic E-state index is -0.700. The number of likely N-dealkylation sites (tertiary alicyclic amines) is 1. The second-order valence-corrected chi connectivity index (χ2v) is 16.2. The van der Waals surface area contributed by atoms with E-state index in [2.05, 4.69) is 22.4 Å². The van der Waals surface area contributed by atoms with E-state index in [1.807, 2.05) is 11.8 Å². The van der Waals surface area contributed by atoms with Gasteiger partial charge in [0.25, 0.3) is 0 Å². The summed E-state index contributed by atoms with van der Waals surface area (Å²) in [6.07, 6.45) is 8.84. The van der Waals surface area contributed by atoms with E-state index in [0.29, 0.717) is 50.4 Å². The maximum atomic E-state index is 17.2. The number of hydrogen-bond acceptors (Lipinski definition) is 9. The van der Waals surface area contributed by atoms with E-state index < -0.39 is 11.6 Å². The van der Waals surface area contributed by atoms with Crippen molar-refractivity contribution in [3.05, 3.63) is 53.3 Å². The van der Waals surface area contributed by atoms with Gasteiger partial charge < -0.3 is 20.3 Å². The van der Waals surface area contributed by atoms with E-state index in [0.717, 1.165) is 75.8 Å². The molecule has 4 aromatic rings. The summed E-state index contributed by atoms with van der Waals surface area (Å²) in [4.78, 5) is 29.0. The lowest BCUT2D eigenvalue weighted by atomic mass is 9.75. The van der Waals surface area contributed by atoms with Gasteiger partial charge in [0.1, 0.15) is 34.8 Å². The zero-order valence-corrected chi connectivity index (χ0v) is 31.4. The Morgan fingerprint density at radius 2 is 1.87 bits per heavy atom. The van der Waals surface area contributed by atoms with Crippen molar-refractivity contribution in [1.29, 1.82) is 5.26 Å². The Bertz CT molecular complexity index is 2100. The fraction of sp³-hybridized carbons (Fsp3) is 0.487. The molecule has 4 aliphatic heterocycles. The van der Waals surface area contributed by atoms with Gasteiger partial charge in [-0.05, 0) is 75.7 Å². The molecule has 2 N–H and O–H groups in total. The molecule has 53 heavy (non-hydrogen) atoms. The highest BCUT2D eigenvalue weighted by Gasteiger charge is 2.47. The largest absolute Gasteiger partial charge is 0.461 e. The van der Waals surface area contributed by atoms with Gasteiger partial charge in [-0.25, -0.2) is 13.2 Å². The van der Waals surface area contributed by atoms with Gasteiger partial charge in [-0.15, -0.1) is 11.3 Å². The number of halogens is 4. The average Bonchev–Trinajstić information content (AvgIpc) is 3.75. The Labute approximate surface area is 316 Å². The van der Waals surface area contributed by atoms with Crippen LogP contribution in [0, 0.1) is 28.4 Å². The lowest BCUT2D eigenvalue weighted by Crippen LogP contribution is -2.62. The fourth-order valence-corrected chi connectivity index (χ4v) is 10.2. The third kappa shape index (κ3) is 6.67. The zero-order valence-electron chi connectivity index (χ0n) is 29.8. The number of benzene rings is 2. The van der Waals surface area contributed by atoms with Crippen molar-refractivity contribution in [3.8, 4) is 23.2 Å². The van der Waals surface area contributed by atoms with Crippen LogP contribution in [-0.2, 0) is 4.79 Å². The van der Waals surface area contributed by atoms with E-state index in [1.54, 1.807) is 6.07 Å². The molecule has 4 saturated heterocycles. The van der Waals surface area contributed by atoms with Crippen LogP contribution in [0.4, 0.5) is 24.0 Å². The second-order valence-electron chi connectivity index (χ2n) is 14.8. The standard InChI is InChI=1S/C37H40ClF2N7O2S.C2H3F/c1-2-7-27(48)46-19-36(20-46)10-3-4-13-45(18-36)34-23-16-25(38)29(22-8-9-26(39)32-28(22)24(17-41)33(42)50-32)30(40)31(23)43-35(44-34)49-21-37-11-5-14-47(37)15-6-12-37;1-2-3/h8-9,16H,2-7,10-15,18-21,42H2,1H3;2H,1H2. The first-order chi connectivity index (χ1) is 25.6. The van der Waals surface area contributed by atoms with Crippen LogP contribution in [-0.4, -0.2) is 77.1 Å². The SMILES string of the molecule is C=CF.CCCC(=O)N1CC2(CCCCN(c3nc(OCC45CCCN4CCC5)nc4c(F)c(-c5ccc(F)c6sc(N)c(C#N)c56)c(Cl)cc34)C2)C1. The first-order valence-corrected chi connectivity index (χ1v) is 19.5. The number of rotatable bonds is 7. The molecule has 2 aromatic heterocycles. The molecule has 280 valence electrons. The smallest absolute Gasteiger partial charge is 0.319 e. The van der Waals surface area contributed by atoms with E-state index in [-0.39, 0.29) is 71.5 Å². The van der Waals surface area contributed by atoms with E-state index in [4.69, 9.17) is 32.0 Å². The zero-order chi connectivity index (χ0) is 37.5. The lowest BCUT2D eigenvalue weighted by molar-refractivity contribution is -0.143. The van der Waals surface area contributed by atoms with Crippen LogP contribution in [0.1, 0.15) is 70.3 Å². The molecule has 8 rings (SSSR count). The number of nitriles is 1. The number of carbonyl (C=O) groups is 1. The molecule has 0 bridgehead atoms. The molecule has 0 unspecified atom stereocenters. The highest BCUT2D eigenvalue weighted by molar-refractivity contribution is 7.23. The summed E-state index contributed by atoms with van der Waals surface area (Å²) in [5.74, 6) is -0.514. The number of carbonyl (C=O) groups excluding carboxylic acids is 1. The van der Waals surface area contributed by atoms with Crippen LogP contribution < -0.4 is 15.4 Å².